The summed E-state index contributed by atoms with van der Waals surface area (Å²) in [7, 11) is 0. The maximum absolute atomic E-state index is 5.94. The Morgan fingerprint density at radius 1 is 1.27 bits per heavy atom. The molecule has 0 saturated heterocycles. The number of nitrogens with one attached hydrogen (secondary N) is 1. The highest BCUT2D eigenvalue weighted by molar-refractivity contribution is 7.09. The number of rotatable bonds is 5. The Morgan fingerprint density at radius 3 is 2.55 bits per heavy atom. The van der Waals surface area contributed by atoms with Crippen molar-refractivity contribution in [3.8, 4) is 0 Å². The van der Waals surface area contributed by atoms with Gasteiger partial charge < -0.3 is 11.1 Å². The van der Waals surface area contributed by atoms with E-state index in [4.69, 9.17) is 5.73 Å². The highest BCUT2D eigenvalue weighted by Gasteiger charge is 2.05. The number of hydrogen-bond acceptors (Lipinski definition) is 3. The van der Waals surface area contributed by atoms with E-state index in [1.165, 1.54) is 16.1 Å². The maximum atomic E-state index is 5.94. The zero-order valence-corrected chi connectivity index (χ0v) is 14.5. The lowest BCUT2D eigenvalue weighted by molar-refractivity contribution is 0.831. The van der Waals surface area contributed by atoms with Crippen LogP contribution in [0.3, 0.4) is 0 Å². The van der Waals surface area contributed by atoms with Gasteiger partial charge in [0.2, 0.25) is 0 Å². The summed E-state index contributed by atoms with van der Waals surface area (Å²) in [5.74, 6) is 0.933. The molecule has 0 aliphatic heterocycles. The first-order chi connectivity index (χ1) is 10.4. The number of thiazole rings is 1. The normalized spacial score (nSPS) is 12.0. The van der Waals surface area contributed by atoms with Crippen LogP contribution in [-0.2, 0) is 6.42 Å². The van der Waals surface area contributed by atoms with Crippen molar-refractivity contribution >= 4 is 23.0 Å². The Hall–Kier alpha value is -1.88. The maximum Gasteiger partial charge on any atom is 0.193 e. The highest BCUT2D eigenvalue weighted by atomic mass is 32.1. The van der Waals surface area contributed by atoms with Gasteiger partial charge in [-0.2, -0.15) is 0 Å². The number of nitrogens with two attached hydrogens (primary N) is 1. The van der Waals surface area contributed by atoms with Crippen LogP contribution in [0.1, 0.15) is 41.6 Å². The van der Waals surface area contributed by atoms with Crippen LogP contribution in [0.5, 0.6) is 0 Å². The van der Waals surface area contributed by atoms with Gasteiger partial charge in [0.25, 0.3) is 0 Å². The van der Waals surface area contributed by atoms with Crippen LogP contribution in [0.25, 0.3) is 0 Å². The molecule has 0 saturated carbocycles. The average Bonchev–Trinajstić information content (AvgIpc) is 2.86. The van der Waals surface area contributed by atoms with Crippen LogP contribution in [0, 0.1) is 13.8 Å². The van der Waals surface area contributed by atoms with Crippen molar-refractivity contribution in [3.05, 3.63) is 45.4 Å². The van der Waals surface area contributed by atoms with Crippen molar-refractivity contribution < 1.29 is 0 Å². The molecule has 0 aliphatic carbocycles. The minimum Gasteiger partial charge on any atom is -0.370 e. The summed E-state index contributed by atoms with van der Waals surface area (Å²) in [5, 5.41) is 6.43. The van der Waals surface area contributed by atoms with Gasteiger partial charge >= 0.3 is 0 Å². The molecule has 5 heteroatoms. The second kappa shape index (κ2) is 7.40. The van der Waals surface area contributed by atoms with Gasteiger partial charge in [0.15, 0.2) is 5.96 Å². The van der Waals surface area contributed by atoms with Gasteiger partial charge in [0.05, 0.1) is 10.7 Å². The van der Waals surface area contributed by atoms with Crippen molar-refractivity contribution in [2.75, 3.05) is 11.9 Å². The number of aryl methyl sites for hydroxylation is 2. The third-order valence-electron chi connectivity index (χ3n) is 3.21. The standard InChI is InChI=1S/C17H24N4S/c1-11(2)16-20-14(10-22-16)5-6-19-17(18)21-15-8-12(3)7-13(4)9-15/h7-11H,5-6H2,1-4H3,(H3,18,19,21). The third kappa shape index (κ3) is 4.84. The van der Waals surface area contributed by atoms with E-state index in [1.807, 2.05) is 0 Å². The molecule has 0 amide bonds. The Morgan fingerprint density at radius 2 is 1.95 bits per heavy atom. The molecule has 0 radical (unpaired) electrons. The molecule has 118 valence electrons. The van der Waals surface area contributed by atoms with Crippen LogP contribution in [0.2, 0.25) is 0 Å². The van der Waals surface area contributed by atoms with Gasteiger partial charge in [-0.15, -0.1) is 11.3 Å². The van der Waals surface area contributed by atoms with Gasteiger partial charge in [-0.1, -0.05) is 19.9 Å². The number of hydrogen-bond donors (Lipinski definition) is 2. The molecule has 0 bridgehead atoms. The minimum atomic E-state index is 0.448. The van der Waals surface area contributed by atoms with E-state index in [2.05, 4.69) is 66.6 Å². The van der Waals surface area contributed by atoms with Crippen LogP contribution in [0.15, 0.2) is 28.6 Å². The molecule has 0 aliphatic rings. The summed E-state index contributed by atoms with van der Waals surface area (Å²) in [4.78, 5) is 8.98. The smallest absolute Gasteiger partial charge is 0.193 e. The van der Waals surface area contributed by atoms with Crippen LogP contribution < -0.4 is 11.1 Å². The Bertz CT molecular complexity index is 638. The van der Waals surface area contributed by atoms with Crippen molar-refractivity contribution in [2.45, 2.75) is 40.0 Å². The molecule has 4 nitrogen and oxygen atoms in total. The number of nitrogens with zero attached hydrogens (tertiary/aromatic N) is 2. The molecule has 3 N–H and O–H groups in total. The number of guanidine groups is 1. The predicted molar refractivity (Wildman–Crippen MR) is 95.9 cm³/mol. The summed E-state index contributed by atoms with van der Waals surface area (Å²) in [6.45, 7) is 9.10. The molecule has 0 atom stereocenters. The highest BCUT2D eigenvalue weighted by Crippen LogP contribution is 2.19. The van der Waals surface area contributed by atoms with Crippen molar-refractivity contribution in [2.24, 2.45) is 10.7 Å². The lowest BCUT2D eigenvalue weighted by Gasteiger charge is -2.07. The molecule has 1 heterocycles. The summed E-state index contributed by atoms with van der Waals surface area (Å²) in [6, 6.07) is 6.25. The molecule has 0 fully saturated rings. The monoisotopic (exact) mass is 316 g/mol. The molecule has 1 aromatic carbocycles. The minimum absolute atomic E-state index is 0.448. The molecule has 1 aromatic heterocycles. The fourth-order valence-corrected chi connectivity index (χ4v) is 3.10. The topological polar surface area (TPSA) is 63.3 Å². The van der Waals surface area contributed by atoms with Gasteiger partial charge in [-0.25, -0.2) is 4.98 Å². The Kier molecular flexibility index (Phi) is 5.55. The van der Waals surface area contributed by atoms with E-state index < -0.39 is 0 Å². The van der Waals surface area contributed by atoms with Crippen LogP contribution in [-0.4, -0.2) is 17.5 Å². The first-order valence-electron chi connectivity index (χ1n) is 7.53. The zero-order valence-electron chi connectivity index (χ0n) is 13.7. The molecule has 0 spiro atoms. The molecule has 22 heavy (non-hydrogen) atoms. The number of benzene rings is 1. The van der Waals surface area contributed by atoms with E-state index in [0.29, 0.717) is 18.4 Å². The second-order valence-corrected chi connectivity index (χ2v) is 6.74. The van der Waals surface area contributed by atoms with Gasteiger partial charge in [0, 0.05) is 30.0 Å². The molecular formula is C17H24N4S. The van der Waals surface area contributed by atoms with Gasteiger partial charge in [-0.05, 0) is 37.1 Å². The van der Waals surface area contributed by atoms with Crippen LogP contribution in [0.4, 0.5) is 5.69 Å². The average molecular weight is 316 g/mol. The van der Waals surface area contributed by atoms with E-state index in [0.717, 1.165) is 17.8 Å². The van der Waals surface area contributed by atoms with E-state index in [1.54, 1.807) is 11.3 Å². The molecular weight excluding hydrogens is 292 g/mol. The summed E-state index contributed by atoms with van der Waals surface area (Å²) in [6.07, 6.45) is 0.818. The first-order valence-corrected chi connectivity index (χ1v) is 8.41. The fourth-order valence-electron chi connectivity index (χ4n) is 2.23. The molecule has 0 unspecified atom stereocenters. The Labute approximate surface area is 136 Å². The summed E-state index contributed by atoms with van der Waals surface area (Å²) < 4.78 is 0. The summed E-state index contributed by atoms with van der Waals surface area (Å²) in [5.41, 5.74) is 10.4. The van der Waals surface area contributed by atoms with Crippen molar-refractivity contribution in [1.29, 1.82) is 0 Å². The first kappa shape index (κ1) is 16.5. The van der Waals surface area contributed by atoms with Crippen molar-refractivity contribution in [1.82, 2.24) is 4.98 Å². The Balaban J connectivity index is 1.89. The lowest BCUT2D eigenvalue weighted by atomic mass is 10.1. The van der Waals surface area contributed by atoms with Gasteiger partial charge in [0.1, 0.15) is 0 Å². The van der Waals surface area contributed by atoms with Gasteiger partial charge in [-0.3, -0.25) is 4.99 Å². The van der Waals surface area contributed by atoms with E-state index >= 15 is 0 Å². The largest absolute Gasteiger partial charge is 0.370 e. The molecule has 2 aromatic rings. The lowest BCUT2D eigenvalue weighted by Crippen LogP contribution is -2.23. The number of aliphatic imine (C=N–C) groups is 1. The van der Waals surface area contributed by atoms with Crippen molar-refractivity contribution in [3.63, 3.8) is 0 Å². The van der Waals surface area contributed by atoms with E-state index in [9.17, 15) is 0 Å². The van der Waals surface area contributed by atoms with Crippen LogP contribution >= 0.6 is 11.3 Å². The molecule has 2 rings (SSSR count). The number of anilines is 1. The summed E-state index contributed by atoms with van der Waals surface area (Å²) >= 11 is 1.72. The SMILES string of the molecule is Cc1cc(C)cc(NC(N)=NCCc2csc(C(C)C)n2)c1. The number of aromatic nitrogens is 1. The quantitative estimate of drug-likeness (QED) is 0.650. The second-order valence-electron chi connectivity index (χ2n) is 5.85. The third-order valence-corrected chi connectivity index (χ3v) is 4.40. The van der Waals surface area contributed by atoms with E-state index in [-0.39, 0.29) is 0 Å². The zero-order chi connectivity index (χ0) is 16.1. The fraction of sp³-hybridized carbons (Fsp3) is 0.412. The predicted octanol–water partition coefficient (Wildman–Crippen LogP) is 3.85.